The van der Waals surface area contributed by atoms with Gasteiger partial charge in [-0.3, -0.25) is 0 Å². The van der Waals surface area contributed by atoms with Crippen molar-refractivity contribution in [1.82, 2.24) is 0 Å². The molecule has 0 unspecified atom stereocenters. The van der Waals surface area contributed by atoms with Crippen LogP contribution < -0.4 is 10.1 Å². The molecule has 0 aliphatic carbocycles. The fourth-order valence-corrected chi connectivity index (χ4v) is 2.40. The highest BCUT2D eigenvalue weighted by Gasteiger charge is 2.01. The van der Waals surface area contributed by atoms with Gasteiger partial charge in [0, 0.05) is 21.2 Å². The van der Waals surface area contributed by atoms with Crippen LogP contribution in [-0.2, 0) is 6.54 Å². The highest BCUT2D eigenvalue weighted by Crippen LogP contribution is 2.26. The summed E-state index contributed by atoms with van der Waals surface area (Å²) in [6.07, 6.45) is 0. The van der Waals surface area contributed by atoms with Gasteiger partial charge < -0.3 is 10.1 Å². The van der Waals surface area contributed by atoms with E-state index in [1.165, 1.54) is 0 Å². The molecule has 0 spiro atoms. The molecule has 0 amide bonds. The first kappa shape index (κ1) is 14.9. The zero-order valence-electron chi connectivity index (χ0n) is 10.6. The molecular formula is C15H12Br2N2O. The highest BCUT2D eigenvalue weighted by molar-refractivity contribution is 9.11. The maximum atomic E-state index is 8.45. The number of benzene rings is 2. The minimum atomic E-state index is 0.0720. The van der Waals surface area contributed by atoms with Crippen LogP contribution in [0.5, 0.6) is 5.75 Å². The van der Waals surface area contributed by atoms with Gasteiger partial charge in [-0.2, -0.15) is 5.26 Å². The van der Waals surface area contributed by atoms with E-state index in [0.717, 1.165) is 20.2 Å². The monoisotopic (exact) mass is 394 g/mol. The van der Waals surface area contributed by atoms with Gasteiger partial charge in [0.15, 0.2) is 6.61 Å². The third kappa shape index (κ3) is 4.26. The molecule has 0 saturated heterocycles. The van der Waals surface area contributed by atoms with E-state index in [4.69, 9.17) is 10.00 Å². The van der Waals surface area contributed by atoms with Gasteiger partial charge in [0.25, 0.3) is 0 Å². The van der Waals surface area contributed by atoms with Crippen LogP contribution in [0.1, 0.15) is 5.56 Å². The maximum Gasteiger partial charge on any atom is 0.174 e. The average Bonchev–Trinajstić information content (AvgIpc) is 2.47. The predicted molar refractivity (Wildman–Crippen MR) is 86.7 cm³/mol. The first-order valence-electron chi connectivity index (χ1n) is 5.96. The lowest BCUT2D eigenvalue weighted by Gasteiger charge is -2.10. The van der Waals surface area contributed by atoms with Gasteiger partial charge in [0.2, 0.25) is 0 Å². The Kier molecular flexibility index (Phi) is 5.45. The number of nitrogens with one attached hydrogen (secondary N) is 1. The molecule has 5 heteroatoms. The molecule has 0 aliphatic rings. The zero-order chi connectivity index (χ0) is 14.4. The van der Waals surface area contributed by atoms with Crippen molar-refractivity contribution in [3.63, 3.8) is 0 Å². The molecule has 2 aromatic rings. The summed E-state index contributed by atoms with van der Waals surface area (Å²) in [7, 11) is 0. The Hall–Kier alpha value is -1.51. The molecular weight excluding hydrogens is 384 g/mol. The first-order valence-corrected chi connectivity index (χ1v) is 7.55. The molecule has 0 heterocycles. The van der Waals surface area contributed by atoms with Gasteiger partial charge >= 0.3 is 0 Å². The van der Waals surface area contributed by atoms with Crippen molar-refractivity contribution in [3.8, 4) is 11.8 Å². The van der Waals surface area contributed by atoms with Gasteiger partial charge in [-0.05, 0) is 51.8 Å². The van der Waals surface area contributed by atoms with E-state index < -0.39 is 0 Å². The van der Waals surface area contributed by atoms with Crippen LogP contribution in [0.3, 0.4) is 0 Å². The van der Waals surface area contributed by atoms with Crippen molar-refractivity contribution in [1.29, 1.82) is 5.26 Å². The van der Waals surface area contributed by atoms with Gasteiger partial charge in [0.1, 0.15) is 11.8 Å². The number of rotatable bonds is 5. The van der Waals surface area contributed by atoms with Gasteiger partial charge in [-0.15, -0.1) is 0 Å². The van der Waals surface area contributed by atoms with E-state index in [2.05, 4.69) is 37.2 Å². The molecule has 3 nitrogen and oxygen atoms in total. The quantitative estimate of drug-likeness (QED) is 0.796. The van der Waals surface area contributed by atoms with Crippen molar-refractivity contribution >= 4 is 37.5 Å². The summed E-state index contributed by atoms with van der Waals surface area (Å²) in [5.74, 6) is 0.707. The minimum absolute atomic E-state index is 0.0720. The minimum Gasteiger partial charge on any atom is -0.479 e. The smallest absolute Gasteiger partial charge is 0.174 e. The summed E-state index contributed by atoms with van der Waals surface area (Å²) in [4.78, 5) is 0. The predicted octanol–water partition coefficient (Wildman–Crippen LogP) is 4.73. The first-order chi connectivity index (χ1) is 9.69. The Balaban J connectivity index is 1.97. The van der Waals surface area contributed by atoms with Crippen LogP contribution in [-0.4, -0.2) is 6.61 Å². The summed E-state index contributed by atoms with van der Waals surface area (Å²) in [5, 5.41) is 11.8. The molecule has 20 heavy (non-hydrogen) atoms. The average molecular weight is 396 g/mol. The third-order valence-corrected chi connectivity index (χ3v) is 3.82. The van der Waals surface area contributed by atoms with Crippen molar-refractivity contribution in [3.05, 3.63) is 57.0 Å². The van der Waals surface area contributed by atoms with E-state index in [-0.39, 0.29) is 6.61 Å². The molecule has 0 aromatic heterocycles. The zero-order valence-corrected chi connectivity index (χ0v) is 13.7. The number of ether oxygens (including phenoxy) is 1. The summed E-state index contributed by atoms with van der Waals surface area (Å²) in [6, 6.07) is 15.6. The number of anilines is 1. The number of nitrogens with zero attached hydrogens (tertiary/aromatic N) is 1. The number of halogens is 2. The van der Waals surface area contributed by atoms with Crippen molar-refractivity contribution in [2.24, 2.45) is 0 Å². The Morgan fingerprint density at radius 2 is 1.85 bits per heavy atom. The van der Waals surface area contributed by atoms with Crippen molar-refractivity contribution in [2.75, 3.05) is 11.9 Å². The Morgan fingerprint density at radius 1 is 1.10 bits per heavy atom. The number of hydrogen-bond acceptors (Lipinski definition) is 3. The molecule has 102 valence electrons. The van der Waals surface area contributed by atoms with Crippen LogP contribution in [0.15, 0.2) is 51.4 Å². The van der Waals surface area contributed by atoms with Crippen LogP contribution >= 0.6 is 31.9 Å². The van der Waals surface area contributed by atoms with Crippen LogP contribution in [0, 0.1) is 11.3 Å². The third-order valence-electron chi connectivity index (χ3n) is 2.64. The summed E-state index contributed by atoms with van der Waals surface area (Å²) in [6.45, 7) is 0.788. The number of nitriles is 1. The van der Waals surface area contributed by atoms with E-state index in [1.54, 1.807) is 0 Å². The lowest BCUT2D eigenvalue weighted by atomic mass is 10.2. The molecule has 1 N–H and O–H groups in total. The van der Waals surface area contributed by atoms with Crippen molar-refractivity contribution in [2.45, 2.75) is 6.54 Å². The molecule has 0 atom stereocenters. The Morgan fingerprint density at radius 3 is 2.55 bits per heavy atom. The second-order valence-corrected chi connectivity index (χ2v) is 5.84. The SMILES string of the molecule is N#CCOc1ccc(CNc2cc(Br)ccc2Br)cc1. The van der Waals surface area contributed by atoms with Crippen LogP contribution in [0.25, 0.3) is 0 Å². The molecule has 0 radical (unpaired) electrons. The molecule has 0 fully saturated rings. The summed E-state index contributed by atoms with van der Waals surface area (Å²) in [5.41, 5.74) is 2.17. The second kappa shape index (κ2) is 7.32. The molecule has 0 aliphatic heterocycles. The fraction of sp³-hybridized carbons (Fsp3) is 0.133. The topological polar surface area (TPSA) is 45.0 Å². The van der Waals surface area contributed by atoms with E-state index in [0.29, 0.717) is 12.3 Å². The molecule has 0 bridgehead atoms. The lowest BCUT2D eigenvalue weighted by molar-refractivity contribution is 0.368. The van der Waals surface area contributed by atoms with Gasteiger partial charge in [-0.25, -0.2) is 0 Å². The lowest BCUT2D eigenvalue weighted by Crippen LogP contribution is -2.00. The summed E-state index contributed by atoms with van der Waals surface area (Å²) < 4.78 is 7.27. The number of hydrogen-bond donors (Lipinski definition) is 1. The van der Waals surface area contributed by atoms with Crippen molar-refractivity contribution < 1.29 is 4.74 Å². The maximum absolute atomic E-state index is 8.45. The largest absolute Gasteiger partial charge is 0.479 e. The van der Waals surface area contributed by atoms with E-state index in [9.17, 15) is 0 Å². The fourth-order valence-electron chi connectivity index (χ4n) is 1.65. The molecule has 0 saturated carbocycles. The highest BCUT2D eigenvalue weighted by atomic mass is 79.9. The Labute approximate surface area is 134 Å². The van der Waals surface area contributed by atoms with Crippen LogP contribution in [0.2, 0.25) is 0 Å². The van der Waals surface area contributed by atoms with Crippen LogP contribution in [0.4, 0.5) is 5.69 Å². The second-order valence-electron chi connectivity index (χ2n) is 4.07. The van der Waals surface area contributed by atoms with Gasteiger partial charge in [-0.1, -0.05) is 28.1 Å². The van der Waals surface area contributed by atoms with Gasteiger partial charge in [0.05, 0.1) is 0 Å². The van der Waals surface area contributed by atoms with E-state index in [1.807, 2.05) is 48.5 Å². The normalized spacial score (nSPS) is 9.85. The molecule has 2 aromatic carbocycles. The Bertz CT molecular complexity index is 621. The standard InChI is InChI=1S/C15H12Br2N2O/c16-12-3-6-14(17)15(9-12)19-10-11-1-4-13(5-2-11)20-8-7-18/h1-6,9,19H,8,10H2. The summed E-state index contributed by atoms with van der Waals surface area (Å²) >= 11 is 6.96. The van der Waals surface area contributed by atoms with E-state index >= 15 is 0 Å². The molecule has 2 rings (SSSR count).